The van der Waals surface area contributed by atoms with Crippen LogP contribution in [0.1, 0.15) is 63.3 Å². The van der Waals surface area contributed by atoms with Crippen LogP contribution < -0.4 is 10.2 Å². The van der Waals surface area contributed by atoms with Gasteiger partial charge in [-0.1, -0.05) is 48.6 Å². The standard InChI is InChI=1S/C25H32N2O2/c1-6-27(7-2)20-15-12-19(13-16-20)22-17-14-18-10-8-9-11-21(18)23(22)26-24(28)29-25(3,4)5/h8-17,22-23H,6-7H2,1-5H3,(H,26,28)/t22-,23+/m1/s1. The first-order valence-electron chi connectivity index (χ1n) is 10.4. The van der Waals surface area contributed by atoms with Crippen molar-refractivity contribution in [1.29, 1.82) is 0 Å². The smallest absolute Gasteiger partial charge is 0.408 e. The van der Waals surface area contributed by atoms with Gasteiger partial charge in [-0.25, -0.2) is 4.79 Å². The van der Waals surface area contributed by atoms with E-state index >= 15 is 0 Å². The number of nitrogens with zero attached hydrogens (tertiary/aromatic N) is 1. The second-order valence-electron chi connectivity index (χ2n) is 8.40. The molecule has 0 radical (unpaired) electrons. The minimum Gasteiger partial charge on any atom is -0.444 e. The summed E-state index contributed by atoms with van der Waals surface area (Å²) in [6, 6.07) is 16.7. The molecule has 4 nitrogen and oxygen atoms in total. The summed E-state index contributed by atoms with van der Waals surface area (Å²) in [5.41, 5.74) is 4.10. The van der Waals surface area contributed by atoms with Gasteiger partial charge in [-0.3, -0.25) is 0 Å². The molecule has 0 saturated heterocycles. The minimum atomic E-state index is -0.533. The number of ether oxygens (including phenoxy) is 1. The summed E-state index contributed by atoms with van der Waals surface area (Å²) in [6.45, 7) is 11.9. The molecule has 4 heteroatoms. The van der Waals surface area contributed by atoms with Crippen molar-refractivity contribution in [2.24, 2.45) is 0 Å². The van der Waals surface area contributed by atoms with E-state index in [4.69, 9.17) is 4.74 Å². The molecule has 3 rings (SSSR count). The van der Waals surface area contributed by atoms with Crippen LogP contribution in [0, 0.1) is 0 Å². The second-order valence-corrected chi connectivity index (χ2v) is 8.40. The Bertz CT molecular complexity index is 861. The third-order valence-corrected chi connectivity index (χ3v) is 5.25. The zero-order valence-electron chi connectivity index (χ0n) is 18.1. The highest BCUT2D eigenvalue weighted by Crippen LogP contribution is 2.39. The van der Waals surface area contributed by atoms with Crippen LogP contribution in [0.15, 0.2) is 54.6 Å². The average Bonchev–Trinajstić information content (AvgIpc) is 2.68. The van der Waals surface area contributed by atoms with E-state index in [0.717, 1.165) is 24.2 Å². The number of amides is 1. The fourth-order valence-electron chi connectivity index (χ4n) is 3.86. The molecule has 0 aromatic heterocycles. The number of carbonyl (C=O) groups is 1. The number of hydrogen-bond acceptors (Lipinski definition) is 3. The molecule has 0 heterocycles. The van der Waals surface area contributed by atoms with E-state index in [0.29, 0.717) is 0 Å². The molecular formula is C25H32N2O2. The number of nitrogens with one attached hydrogen (secondary N) is 1. The first-order valence-corrected chi connectivity index (χ1v) is 10.4. The number of carbonyl (C=O) groups excluding carboxylic acids is 1. The van der Waals surface area contributed by atoms with Gasteiger partial charge in [0.25, 0.3) is 0 Å². The summed E-state index contributed by atoms with van der Waals surface area (Å²) in [6.07, 6.45) is 3.93. The van der Waals surface area contributed by atoms with Gasteiger partial charge in [0.05, 0.1) is 6.04 Å². The molecule has 2 atom stereocenters. The van der Waals surface area contributed by atoms with E-state index in [1.807, 2.05) is 32.9 Å². The van der Waals surface area contributed by atoms with Crippen molar-refractivity contribution in [3.8, 4) is 0 Å². The van der Waals surface area contributed by atoms with Crippen molar-refractivity contribution < 1.29 is 9.53 Å². The maximum Gasteiger partial charge on any atom is 0.408 e. The fraction of sp³-hybridized carbons (Fsp3) is 0.400. The monoisotopic (exact) mass is 392 g/mol. The summed E-state index contributed by atoms with van der Waals surface area (Å²) in [7, 11) is 0. The van der Waals surface area contributed by atoms with Crippen LogP contribution in [-0.2, 0) is 4.74 Å². The molecule has 1 amide bonds. The van der Waals surface area contributed by atoms with Gasteiger partial charge < -0.3 is 15.0 Å². The lowest BCUT2D eigenvalue weighted by Crippen LogP contribution is -2.37. The van der Waals surface area contributed by atoms with Gasteiger partial charge in [-0.2, -0.15) is 0 Å². The van der Waals surface area contributed by atoms with E-state index in [1.54, 1.807) is 0 Å². The van der Waals surface area contributed by atoms with Gasteiger partial charge in [-0.15, -0.1) is 0 Å². The molecule has 1 aliphatic rings. The van der Waals surface area contributed by atoms with Crippen LogP contribution in [-0.4, -0.2) is 24.8 Å². The summed E-state index contributed by atoms with van der Waals surface area (Å²) in [4.78, 5) is 14.9. The lowest BCUT2D eigenvalue weighted by atomic mass is 9.81. The third kappa shape index (κ3) is 5.00. The van der Waals surface area contributed by atoms with E-state index in [-0.39, 0.29) is 12.0 Å². The topological polar surface area (TPSA) is 41.6 Å². The number of hydrogen-bond donors (Lipinski definition) is 1. The van der Waals surface area contributed by atoms with E-state index in [1.165, 1.54) is 11.3 Å². The molecule has 0 spiro atoms. The highest BCUT2D eigenvalue weighted by atomic mass is 16.6. The minimum absolute atomic E-state index is 0.0446. The van der Waals surface area contributed by atoms with Gasteiger partial charge in [0.1, 0.15) is 5.60 Å². The van der Waals surface area contributed by atoms with Gasteiger partial charge >= 0.3 is 6.09 Å². The predicted octanol–water partition coefficient (Wildman–Crippen LogP) is 5.91. The molecule has 1 aliphatic carbocycles. The normalized spacial score (nSPS) is 18.1. The quantitative estimate of drug-likeness (QED) is 0.688. The Hall–Kier alpha value is -2.75. The maximum absolute atomic E-state index is 12.6. The van der Waals surface area contributed by atoms with Gasteiger partial charge in [0.2, 0.25) is 0 Å². The van der Waals surface area contributed by atoms with Crippen LogP contribution >= 0.6 is 0 Å². The Kier molecular flexibility index (Phi) is 6.31. The molecular weight excluding hydrogens is 360 g/mol. The number of anilines is 1. The van der Waals surface area contributed by atoms with E-state index < -0.39 is 11.7 Å². The zero-order valence-corrected chi connectivity index (χ0v) is 18.1. The van der Waals surface area contributed by atoms with Gasteiger partial charge in [0.15, 0.2) is 0 Å². The Balaban J connectivity index is 1.91. The zero-order chi connectivity index (χ0) is 21.0. The highest BCUT2D eigenvalue weighted by molar-refractivity contribution is 5.71. The summed E-state index contributed by atoms with van der Waals surface area (Å²) in [5.74, 6) is 0.0446. The summed E-state index contributed by atoms with van der Waals surface area (Å²) in [5, 5.41) is 3.12. The predicted molar refractivity (Wildman–Crippen MR) is 120 cm³/mol. The molecule has 1 N–H and O–H groups in total. The molecule has 154 valence electrons. The molecule has 0 saturated carbocycles. The Morgan fingerprint density at radius 2 is 1.69 bits per heavy atom. The van der Waals surface area contributed by atoms with Crippen molar-refractivity contribution in [2.45, 2.75) is 52.2 Å². The van der Waals surface area contributed by atoms with Gasteiger partial charge in [-0.05, 0) is 63.4 Å². The van der Waals surface area contributed by atoms with Gasteiger partial charge in [0, 0.05) is 24.7 Å². The Labute approximate surface area is 174 Å². The van der Waals surface area contributed by atoms with E-state index in [9.17, 15) is 4.79 Å². The number of benzene rings is 2. The molecule has 0 fully saturated rings. The highest BCUT2D eigenvalue weighted by Gasteiger charge is 2.30. The molecule has 0 bridgehead atoms. The van der Waals surface area contributed by atoms with Crippen molar-refractivity contribution >= 4 is 17.9 Å². The van der Waals surface area contributed by atoms with E-state index in [2.05, 4.69) is 72.6 Å². The van der Waals surface area contributed by atoms with Crippen LogP contribution in [0.3, 0.4) is 0 Å². The first kappa shape index (κ1) is 21.0. The van der Waals surface area contributed by atoms with Crippen LogP contribution in [0.2, 0.25) is 0 Å². The molecule has 0 unspecified atom stereocenters. The first-order chi connectivity index (χ1) is 13.8. The summed E-state index contributed by atoms with van der Waals surface area (Å²) >= 11 is 0. The maximum atomic E-state index is 12.6. The Morgan fingerprint density at radius 3 is 2.31 bits per heavy atom. The average molecular weight is 393 g/mol. The molecule has 29 heavy (non-hydrogen) atoms. The number of fused-ring (bicyclic) bond motifs is 1. The fourth-order valence-corrected chi connectivity index (χ4v) is 3.86. The lowest BCUT2D eigenvalue weighted by molar-refractivity contribution is 0.0499. The third-order valence-electron chi connectivity index (χ3n) is 5.25. The number of alkyl carbamates (subject to hydrolysis) is 1. The molecule has 0 aliphatic heterocycles. The SMILES string of the molecule is CCN(CC)c1ccc([C@H]2C=Cc3ccccc3[C@@H]2NC(=O)OC(C)(C)C)cc1. The second kappa shape index (κ2) is 8.73. The van der Waals surface area contributed by atoms with Crippen molar-refractivity contribution in [3.63, 3.8) is 0 Å². The van der Waals surface area contributed by atoms with Crippen molar-refractivity contribution in [2.75, 3.05) is 18.0 Å². The molecule has 2 aromatic carbocycles. The lowest BCUT2D eigenvalue weighted by Gasteiger charge is -2.32. The van der Waals surface area contributed by atoms with Crippen LogP contribution in [0.25, 0.3) is 6.08 Å². The summed E-state index contributed by atoms with van der Waals surface area (Å²) < 4.78 is 5.54. The number of rotatable bonds is 5. The largest absolute Gasteiger partial charge is 0.444 e. The van der Waals surface area contributed by atoms with Crippen LogP contribution in [0.4, 0.5) is 10.5 Å². The molecule has 2 aromatic rings. The Morgan fingerprint density at radius 1 is 1.03 bits per heavy atom. The van der Waals surface area contributed by atoms with Crippen molar-refractivity contribution in [3.05, 3.63) is 71.3 Å². The van der Waals surface area contributed by atoms with Crippen LogP contribution in [0.5, 0.6) is 0 Å². The van der Waals surface area contributed by atoms with Crippen molar-refractivity contribution in [1.82, 2.24) is 5.32 Å².